The second-order valence-corrected chi connectivity index (χ2v) is 6.01. The molecule has 0 aromatic heterocycles. The largest absolute Gasteiger partial charge is 0.396 e. The predicted octanol–water partition coefficient (Wildman–Crippen LogP) is 1.06. The fourth-order valence-corrected chi connectivity index (χ4v) is 2.78. The van der Waals surface area contributed by atoms with E-state index in [-0.39, 0.29) is 23.2 Å². The lowest BCUT2D eigenvalue weighted by atomic mass is 10.3. The van der Waals surface area contributed by atoms with Gasteiger partial charge in [0.25, 0.3) is 0 Å². The van der Waals surface area contributed by atoms with Crippen LogP contribution in [0, 0.1) is 5.82 Å². The van der Waals surface area contributed by atoms with E-state index in [1.165, 1.54) is 26.3 Å². The van der Waals surface area contributed by atoms with E-state index >= 15 is 0 Å². The van der Waals surface area contributed by atoms with Crippen LogP contribution in [0.1, 0.15) is 6.92 Å². The molecule has 102 valence electrons. The predicted molar refractivity (Wildman–Crippen MR) is 67.1 cm³/mol. The van der Waals surface area contributed by atoms with E-state index in [2.05, 4.69) is 0 Å². The molecule has 1 atom stereocenters. The van der Waals surface area contributed by atoms with Gasteiger partial charge >= 0.3 is 0 Å². The first-order valence-corrected chi connectivity index (χ1v) is 6.76. The van der Waals surface area contributed by atoms with Crippen molar-refractivity contribution in [2.75, 3.05) is 26.5 Å². The van der Waals surface area contributed by atoms with Gasteiger partial charge in [-0.15, -0.1) is 0 Å². The average molecular weight is 276 g/mol. The maximum atomic E-state index is 13.3. The van der Waals surface area contributed by atoms with E-state index in [0.717, 1.165) is 10.4 Å². The number of halogens is 1. The third-order valence-corrected chi connectivity index (χ3v) is 4.65. The lowest BCUT2D eigenvalue weighted by Gasteiger charge is -2.23. The Bertz CT molecular complexity index is 519. The number of rotatable bonds is 5. The molecule has 7 heteroatoms. The Morgan fingerprint density at radius 1 is 1.50 bits per heavy atom. The number of likely N-dealkylation sites (N-methyl/N-ethyl adjacent to an activating group) is 1. The van der Waals surface area contributed by atoms with Crippen LogP contribution in [0.4, 0.5) is 10.1 Å². The van der Waals surface area contributed by atoms with Gasteiger partial charge in [-0.25, -0.2) is 12.8 Å². The summed E-state index contributed by atoms with van der Waals surface area (Å²) in [5, 5.41) is 0. The molecule has 1 aromatic rings. The molecule has 0 fully saturated rings. The SMILES string of the molecule is COCC(C)N(C)S(=O)(=O)c1ccc(N)c(F)c1. The second-order valence-electron chi connectivity index (χ2n) is 4.01. The van der Waals surface area contributed by atoms with Gasteiger partial charge in [0.2, 0.25) is 10.0 Å². The first-order valence-electron chi connectivity index (χ1n) is 5.32. The normalized spacial score (nSPS) is 13.8. The third kappa shape index (κ3) is 2.98. The summed E-state index contributed by atoms with van der Waals surface area (Å²) in [6.45, 7) is 1.96. The molecule has 0 radical (unpaired) electrons. The number of hydrogen-bond acceptors (Lipinski definition) is 4. The minimum absolute atomic E-state index is 0.0819. The smallest absolute Gasteiger partial charge is 0.243 e. The molecule has 0 aliphatic carbocycles. The first-order chi connectivity index (χ1) is 8.30. The summed E-state index contributed by atoms with van der Waals surface area (Å²) in [7, 11) is -0.832. The molecule has 0 spiro atoms. The Morgan fingerprint density at radius 2 is 2.11 bits per heavy atom. The van der Waals surface area contributed by atoms with E-state index in [1.54, 1.807) is 6.92 Å². The number of hydrogen-bond donors (Lipinski definition) is 1. The molecule has 0 saturated carbocycles. The summed E-state index contributed by atoms with van der Waals surface area (Å²) >= 11 is 0. The quantitative estimate of drug-likeness (QED) is 0.816. The van der Waals surface area contributed by atoms with Gasteiger partial charge in [0.1, 0.15) is 5.82 Å². The lowest BCUT2D eigenvalue weighted by Crippen LogP contribution is -2.37. The van der Waals surface area contributed by atoms with Crippen molar-refractivity contribution < 1.29 is 17.5 Å². The standard InChI is InChI=1S/C11H17FN2O3S/c1-8(7-17-3)14(2)18(15,16)9-4-5-11(13)10(12)6-9/h4-6,8H,7,13H2,1-3H3. The van der Waals surface area contributed by atoms with Crippen LogP contribution in [0.2, 0.25) is 0 Å². The highest BCUT2D eigenvalue weighted by molar-refractivity contribution is 7.89. The van der Waals surface area contributed by atoms with Gasteiger partial charge in [-0.2, -0.15) is 4.31 Å². The van der Waals surface area contributed by atoms with Crippen LogP contribution in [0.3, 0.4) is 0 Å². The van der Waals surface area contributed by atoms with Crippen LogP contribution in [-0.4, -0.2) is 39.5 Å². The molecule has 0 aliphatic heterocycles. The molecule has 0 aliphatic rings. The van der Waals surface area contributed by atoms with Crippen molar-refractivity contribution in [2.45, 2.75) is 17.9 Å². The number of ether oxygens (including phenoxy) is 1. The molecular weight excluding hydrogens is 259 g/mol. The van der Waals surface area contributed by atoms with Gasteiger partial charge in [0.05, 0.1) is 17.2 Å². The van der Waals surface area contributed by atoms with E-state index in [4.69, 9.17) is 10.5 Å². The maximum Gasteiger partial charge on any atom is 0.243 e. The molecule has 0 saturated heterocycles. The minimum Gasteiger partial charge on any atom is -0.396 e. The lowest BCUT2D eigenvalue weighted by molar-refractivity contribution is 0.149. The summed E-state index contributed by atoms with van der Waals surface area (Å²) < 4.78 is 43.7. The summed E-state index contributed by atoms with van der Waals surface area (Å²) in [5.41, 5.74) is 5.23. The Morgan fingerprint density at radius 3 is 2.61 bits per heavy atom. The summed E-state index contributed by atoms with van der Waals surface area (Å²) in [6.07, 6.45) is 0. The first kappa shape index (κ1) is 14.9. The minimum atomic E-state index is -3.74. The van der Waals surface area contributed by atoms with E-state index in [0.29, 0.717) is 0 Å². The van der Waals surface area contributed by atoms with Crippen molar-refractivity contribution in [2.24, 2.45) is 0 Å². The van der Waals surface area contributed by atoms with Crippen molar-refractivity contribution in [3.63, 3.8) is 0 Å². The molecule has 1 rings (SSSR count). The van der Waals surface area contributed by atoms with Gasteiger partial charge in [-0.1, -0.05) is 0 Å². The van der Waals surface area contributed by atoms with Crippen molar-refractivity contribution in [1.29, 1.82) is 0 Å². The van der Waals surface area contributed by atoms with Crippen LogP contribution >= 0.6 is 0 Å². The fraction of sp³-hybridized carbons (Fsp3) is 0.455. The molecule has 0 amide bonds. The molecule has 18 heavy (non-hydrogen) atoms. The number of nitrogens with zero attached hydrogens (tertiary/aromatic N) is 1. The van der Waals surface area contributed by atoms with Crippen LogP contribution in [0.5, 0.6) is 0 Å². The number of anilines is 1. The monoisotopic (exact) mass is 276 g/mol. The topological polar surface area (TPSA) is 72.6 Å². The van der Waals surface area contributed by atoms with Gasteiger partial charge in [-0.3, -0.25) is 0 Å². The van der Waals surface area contributed by atoms with Gasteiger partial charge in [0.15, 0.2) is 0 Å². The van der Waals surface area contributed by atoms with E-state index in [9.17, 15) is 12.8 Å². The Balaban J connectivity index is 3.09. The molecule has 0 heterocycles. The third-order valence-electron chi connectivity index (χ3n) is 2.68. The highest BCUT2D eigenvalue weighted by Crippen LogP contribution is 2.20. The average Bonchev–Trinajstić information content (AvgIpc) is 2.31. The Labute approximate surface area is 106 Å². The molecule has 1 unspecified atom stereocenters. The molecular formula is C11H17FN2O3S. The van der Waals surface area contributed by atoms with Crippen molar-refractivity contribution in [3.05, 3.63) is 24.0 Å². The zero-order valence-electron chi connectivity index (χ0n) is 10.6. The highest BCUT2D eigenvalue weighted by Gasteiger charge is 2.25. The highest BCUT2D eigenvalue weighted by atomic mass is 32.2. The van der Waals surface area contributed by atoms with Crippen LogP contribution in [-0.2, 0) is 14.8 Å². The van der Waals surface area contributed by atoms with Crippen LogP contribution in [0.15, 0.2) is 23.1 Å². The van der Waals surface area contributed by atoms with Crippen LogP contribution in [0.25, 0.3) is 0 Å². The van der Waals surface area contributed by atoms with Crippen LogP contribution < -0.4 is 5.73 Å². The summed E-state index contributed by atoms with van der Waals surface area (Å²) in [6, 6.07) is 3.09. The number of nitrogen functional groups attached to an aromatic ring is 1. The number of sulfonamides is 1. The summed E-state index contributed by atoms with van der Waals surface area (Å²) in [4.78, 5) is -0.125. The molecule has 5 nitrogen and oxygen atoms in total. The van der Waals surface area contributed by atoms with Gasteiger partial charge in [0, 0.05) is 20.2 Å². The van der Waals surface area contributed by atoms with Gasteiger partial charge in [-0.05, 0) is 25.1 Å². The van der Waals surface area contributed by atoms with Crippen molar-refractivity contribution >= 4 is 15.7 Å². The maximum absolute atomic E-state index is 13.3. The number of nitrogens with two attached hydrogens (primary N) is 1. The number of methoxy groups -OCH3 is 1. The second kappa shape index (κ2) is 5.64. The van der Waals surface area contributed by atoms with Gasteiger partial charge < -0.3 is 10.5 Å². The van der Waals surface area contributed by atoms with E-state index in [1.807, 2.05) is 0 Å². The summed E-state index contributed by atoms with van der Waals surface area (Å²) in [5.74, 6) is -0.746. The number of benzene rings is 1. The Kier molecular flexibility index (Phi) is 4.66. The van der Waals surface area contributed by atoms with Crippen molar-refractivity contribution in [3.8, 4) is 0 Å². The molecule has 1 aromatic carbocycles. The molecule has 0 bridgehead atoms. The zero-order chi connectivity index (χ0) is 13.9. The Hall–Kier alpha value is -1.18. The van der Waals surface area contributed by atoms with Crippen molar-refractivity contribution in [1.82, 2.24) is 4.31 Å². The fourth-order valence-electron chi connectivity index (χ4n) is 1.42. The molecule has 2 N–H and O–H groups in total. The zero-order valence-corrected chi connectivity index (χ0v) is 11.4. The van der Waals surface area contributed by atoms with E-state index < -0.39 is 15.8 Å².